The van der Waals surface area contributed by atoms with Crippen LogP contribution in [0.15, 0.2) is 48.5 Å². The number of ketones is 1. The molecule has 0 aromatic heterocycles. The Hall–Kier alpha value is -2.31. The van der Waals surface area contributed by atoms with Crippen LogP contribution in [0.1, 0.15) is 22.8 Å². The van der Waals surface area contributed by atoms with Crippen LogP contribution in [0.25, 0.3) is 0 Å². The molecule has 2 rings (SSSR count). The molecule has 1 N–H and O–H groups in total. The minimum Gasteiger partial charge on any atom is -0.457 e. The third kappa shape index (κ3) is 7.45. The Bertz CT molecular complexity index is 791. The van der Waals surface area contributed by atoms with Gasteiger partial charge >= 0.3 is 5.97 Å². The van der Waals surface area contributed by atoms with Gasteiger partial charge in [-0.3, -0.25) is 14.4 Å². The summed E-state index contributed by atoms with van der Waals surface area (Å²) in [5.41, 5.74) is 2.28. The van der Waals surface area contributed by atoms with Gasteiger partial charge in [-0.25, -0.2) is 0 Å². The second-order valence-corrected chi connectivity index (χ2v) is 7.10. The van der Waals surface area contributed by atoms with E-state index in [-0.39, 0.29) is 29.8 Å². The number of carbonyl (C=O) groups excluding carboxylic acids is 3. The molecule has 0 radical (unpaired) electrons. The van der Waals surface area contributed by atoms with Crippen LogP contribution in [-0.4, -0.2) is 35.8 Å². The molecular formula is C20H20ClNO4S. The van der Waals surface area contributed by atoms with Crippen molar-refractivity contribution in [1.29, 1.82) is 0 Å². The molecule has 1 amide bonds. The van der Waals surface area contributed by atoms with E-state index in [1.54, 1.807) is 36.4 Å². The van der Waals surface area contributed by atoms with Gasteiger partial charge in [0.15, 0.2) is 12.4 Å². The van der Waals surface area contributed by atoms with Crippen LogP contribution < -0.4 is 5.32 Å². The SMILES string of the molecule is CCc1ccc(C(=O)COC(=O)CSCC(=O)Nc2ccc(Cl)cc2)cc1. The summed E-state index contributed by atoms with van der Waals surface area (Å²) in [6, 6.07) is 13.9. The molecule has 2 aromatic rings. The molecule has 0 fully saturated rings. The van der Waals surface area contributed by atoms with Crippen LogP contribution in [0.4, 0.5) is 5.69 Å². The number of hydrogen-bond donors (Lipinski definition) is 1. The fourth-order valence-corrected chi connectivity index (χ4v) is 2.89. The minimum absolute atomic E-state index is 0.00388. The number of anilines is 1. The van der Waals surface area contributed by atoms with Gasteiger partial charge in [0.2, 0.25) is 5.91 Å². The van der Waals surface area contributed by atoms with Crippen LogP contribution in [0, 0.1) is 0 Å². The summed E-state index contributed by atoms with van der Waals surface area (Å²) in [5.74, 6) is -0.920. The average Bonchev–Trinajstić information content (AvgIpc) is 2.68. The Morgan fingerprint density at radius 3 is 2.30 bits per heavy atom. The number of rotatable bonds is 9. The van der Waals surface area contributed by atoms with Gasteiger partial charge in [0.05, 0.1) is 11.5 Å². The minimum atomic E-state index is -0.530. The molecule has 0 saturated heterocycles. The summed E-state index contributed by atoms with van der Waals surface area (Å²) in [6.07, 6.45) is 0.895. The van der Waals surface area contributed by atoms with Crippen molar-refractivity contribution < 1.29 is 19.1 Å². The molecule has 0 aliphatic heterocycles. The zero-order valence-electron chi connectivity index (χ0n) is 14.9. The van der Waals surface area contributed by atoms with Gasteiger partial charge in [-0.15, -0.1) is 11.8 Å². The Balaban J connectivity index is 1.65. The lowest BCUT2D eigenvalue weighted by atomic mass is 10.1. The van der Waals surface area contributed by atoms with E-state index in [2.05, 4.69) is 5.32 Å². The summed E-state index contributed by atoms with van der Waals surface area (Å²) >= 11 is 6.90. The first kappa shape index (κ1) is 21.0. The Kier molecular flexibility index (Phi) is 8.36. The molecule has 0 atom stereocenters. The van der Waals surface area contributed by atoms with Gasteiger partial charge in [0.1, 0.15) is 0 Å². The number of benzene rings is 2. The number of esters is 1. The average molecular weight is 406 g/mol. The van der Waals surface area contributed by atoms with Crippen molar-refractivity contribution in [2.45, 2.75) is 13.3 Å². The summed E-state index contributed by atoms with van der Waals surface area (Å²) in [6.45, 7) is 1.73. The number of aryl methyl sites for hydroxylation is 1. The highest BCUT2D eigenvalue weighted by Gasteiger charge is 2.11. The first-order valence-electron chi connectivity index (χ1n) is 8.39. The van der Waals surface area contributed by atoms with Crippen molar-refractivity contribution in [2.24, 2.45) is 0 Å². The number of Topliss-reactive ketones (excluding diaryl/α,β-unsaturated/α-hetero) is 1. The van der Waals surface area contributed by atoms with E-state index in [0.717, 1.165) is 23.7 Å². The highest BCUT2D eigenvalue weighted by Crippen LogP contribution is 2.14. The van der Waals surface area contributed by atoms with E-state index in [1.807, 2.05) is 19.1 Å². The quantitative estimate of drug-likeness (QED) is 0.504. The summed E-state index contributed by atoms with van der Waals surface area (Å²) < 4.78 is 4.97. The number of carbonyl (C=O) groups is 3. The fourth-order valence-electron chi connectivity index (χ4n) is 2.15. The van der Waals surface area contributed by atoms with Crippen LogP contribution in [-0.2, 0) is 20.7 Å². The maximum absolute atomic E-state index is 12.0. The molecular weight excluding hydrogens is 386 g/mol. The lowest BCUT2D eigenvalue weighted by molar-refractivity contribution is -0.139. The van der Waals surface area contributed by atoms with Crippen LogP contribution >= 0.6 is 23.4 Å². The topological polar surface area (TPSA) is 72.5 Å². The largest absolute Gasteiger partial charge is 0.457 e. The van der Waals surface area contributed by atoms with Gasteiger partial charge in [-0.1, -0.05) is 42.8 Å². The highest BCUT2D eigenvalue weighted by molar-refractivity contribution is 8.00. The molecule has 0 saturated carbocycles. The normalized spacial score (nSPS) is 10.3. The monoisotopic (exact) mass is 405 g/mol. The summed E-state index contributed by atoms with van der Waals surface area (Å²) in [5, 5.41) is 3.28. The molecule has 0 heterocycles. The van der Waals surface area contributed by atoms with E-state index in [1.165, 1.54) is 0 Å². The molecule has 7 heteroatoms. The van der Waals surface area contributed by atoms with Gasteiger partial charge in [-0.2, -0.15) is 0 Å². The Morgan fingerprint density at radius 2 is 1.67 bits per heavy atom. The lowest BCUT2D eigenvalue weighted by Gasteiger charge is -2.06. The number of nitrogens with one attached hydrogen (secondary N) is 1. The van der Waals surface area contributed by atoms with E-state index in [9.17, 15) is 14.4 Å². The summed E-state index contributed by atoms with van der Waals surface area (Å²) in [7, 11) is 0. The Morgan fingerprint density at radius 1 is 1.00 bits per heavy atom. The molecule has 2 aromatic carbocycles. The second-order valence-electron chi connectivity index (χ2n) is 5.68. The zero-order valence-corrected chi connectivity index (χ0v) is 16.4. The molecule has 0 bridgehead atoms. The van der Waals surface area contributed by atoms with Crippen LogP contribution in [0.5, 0.6) is 0 Å². The Labute approximate surface area is 167 Å². The third-order valence-corrected chi connectivity index (χ3v) is 4.79. The number of halogens is 1. The zero-order chi connectivity index (χ0) is 19.6. The van der Waals surface area contributed by atoms with E-state index < -0.39 is 5.97 Å². The van der Waals surface area contributed by atoms with E-state index in [0.29, 0.717) is 16.3 Å². The molecule has 142 valence electrons. The van der Waals surface area contributed by atoms with Crippen molar-refractivity contribution in [3.8, 4) is 0 Å². The fraction of sp³-hybridized carbons (Fsp3) is 0.250. The number of amides is 1. The number of hydrogen-bond acceptors (Lipinski definition) is 5. The van der Waals surface area contributed by atoms with Gasteiger partial charge in [0.25, 0.3) is 0 Å². The molecule has 5 nitrogen and oxygen atoms in total. The van der Waals surface area contributed by atoms with Crippen molar-refractivity contribution in [1.82, 2.24) is 0 Å². The highest BCUT2D eigenvalue weighted by atomic mass is 35.5. The predicted octanol–water partition coefficient (Wildman–Crippen LogP) is 4.00. The van der Waals surface area contributed by atoms with Crippen molar-refractivity contribution >= 4 is 46.7 Å². The van der Waals surface area contributed by atoms with Crippen molar-refractivity contribution in [3.63, 3.8) is 0 Å². The number of ether oxygens (including phenoxy) is 1. The maximum Gasteiger partial charge on any atom is 0.316 e. The second kappa shape index (κ2) is 10.7. The van der Waals surface area contributed by atoms with Gasteiger partial charge < -0.3 is 10.1 Å². The van der Waals surface area contributed by atoms with E-state index >= 15 is 0 Å². The molecule has 27 heavy (non-hydrogen) atoms. The third-order valence-electron chi connectivity index (χ3n) is 3.63. The molecule has 0 spiro atoms. The smallest absolute Gasteiger partial charge is 0.316 e. The molecule has 0 aliphatic rings. The van der Waals surface area contributed by atoms with E-state index in [4.69, 9.17) is 16.3 Å². The van der Waals surface area contributed by atoms with Gasteiger partial charge in [-0.05, 0) is 36.2 Å². The number of thioether (sulfide) groups is 1. The van der Waals surface area contributed by atoms with Crippen LogP contribution in [0.2, 0.25) is 5.02 Å². The van der Waals surface area contributed by atoms with Crippen LogP contribution in [0.3, 0.4) is 0 Å². The maximum atomic E-state index is 12.0. The molecule has 0 unspecified atom stereocenters. The van der Waals surface area contributed by atoms with Crippen molar-refractivity contribution in [2.75, 3.05) is 23.4 Å². The summed E-state index contributed by atoms with van der Waals surface area (Å²) in [4.78, 5) is 35.5. The van der Waals surface area contributed by atoms with Crippen molar-refractivity contribution in [3.05, 3.63) is 64.7 Å². The molecule has 0 aliphatic carbocycles. The first-order chi connectivity index (χ1) is 13.0. The van der Waals surface area contributed by atoms with Gasteiger partial charge in [0, 0.05) is 16.3 Å². The predicted molar refractivity (Wildman–Crippen MR) is 109 cm³/mol. The first-order valence-corrected chi connectivity index (χ1v) is 9.92. The lowest BCUT2D eigenvalue weighted by Crippen LogP contribution is -2.18. The standard InChI is InChI=1S/C20H20ClNO4S/c1-2-14-3-5-15(6-4-14)18(23)11-26-20(25)13-27-12-19(24)22-17-9-7-16(21)8-10-17/h3-10H,2,11-13H2,1H3,(H,22,24).